The minimum atomic E-state index is -0.466. The second-order valence-corrected chi connectivity index (χ2v) is 7.71. The third-order valence-electron chi connectivity index (χ3n) is 5.29. The van der Waals surface area contributed by atoms with Gasteiger partial charge in [0, 0.05) is 16.1 Å². The molecule has 0 aliphatic carbocycles. The van der Waals surface area contributed by atoms with Crippen molar-refractivity contribution in [3.05, 3.63) is 102 Å². The number of carbonyl (C=O) groups excluding carboxylic acids is 1. The first-order valence-electron chi connectivity index (χ1n) is 10.3. The highest BCUT2D eigenvalue weighted by Crippen LogP contribution is 2.35. The molecule has 0 fully saturated rings. The molecule has 5 aromatic rings. The molecule has 0 amide bonds. The van der Waals surface area contributed by atoms with Crippen molar-refractivity contribution in [2.75, 3.05) is 6.61 Å². The molecule has 5 rings (SSSR count). The zero-order valence-electron chi connectivity index (χ0n) is 17.4. The Labute approximate surface area is 190 Å². The number of imidazole rings is 1. The lowest BCUT2D eigenvalue weighted by atomic mass is 10.1. The highest BCUT2D eigenvalue weighted by atomic mass is 35.5. The maximum atomic E-state index is 12.9. The Hall–Kier alpha value is -3.83. The molecule has 0 bridgehead atoms. The van der Waals surface area contributed by atoms with E-state index in [2.05, 4.69) is 11.1 Å². The molecule has 2 heterocycles. The highest BCUT2D eigenvalue weighted by Gasteiger charge is 2.25. The number of aromatic nitrogens is 3. The Balaban J connectivity index is 1.87. The maximum absolute atomic E-state index is 12.9. The van der Waals surface area contributed by atoms with Crippen LogP contribution in [0.2, 0.25) is 5.02 Å². The molecule has 6 heteroatoms. The van der Waals surface area contributed by atoms with Crippen molar-refractivity contribution in [2.45, 2.75) is 6.92 Å². The van der Waals surface area contributed by atoms with E-state index in [-0.39, 0.29) is 12.3 Å². The van der Waals surface area contributed by atoms with Crippen molar-refractivity contribution in [3.63, 3.8) is 0 Å². The normalized spacial score (nSPS) is 11.1. The Morgan fingerprint density at radius 1 is 0.969 bits per heavy atom. The average molecular weight is 442 g/mol. The topological polar surface area (TPSA) is 49.0 Å². The van der Waals surface area contributed by atoms with Gasteiger partial charge in [0.05, 0.1) is 17.8 Å². The summed E-state index contributed by atoms with van der Waals surface area (Å²) in [5, 5.41) is 1.61. The van der Waals surface area contributed by atoms with E-state index in [4.69, 9.17) is 16.3 Å². The average Bonchev–Trinajstić information content (AvgIpc) is 3.41. The summed E-state index contributed by atoms with van der Waals surface area (Å²) >= 11 is 6.30. The van der Waals surface area contributed by atoms with E-state index in [9.17, 15) is 4.79 Å². The first-order chi connectivity index (χ1) is 15.7. The predicted octanol–water partition coefficient (Wildman–Crippen LogP) is 6.31. The van der Waals surface area contributed by atoms with Gasteiger partial charge in [0.2, 0.25) is 0 Å². The van der Waals surface area contributed by atoms with Gasteiger partial charge in [0.25, 0.3) is 0 Å². The summed E-state index contributed by atoms with van der Waals surface area (Å²) in [6.45, 7) is 2.05. The van der Waals surface area contributed by atoms with Crippen LogP contribution in [0, 0.1) is 0 Å². The number of benzene rings is 3. The number of hydrogen-bond acceptors (Lipinski definition) is 3. The fourth-order valence-electron chi connectivity index (χ4n) is 3.91. The quantitative estimate of drug-likeness (QED) is 0.300. The number of carbonyl (C=O) groups is 1. The summed E-state index contributed by atoms with van der Waals surface area (Å²) in [4.78, 5) is 17.4. The van der Waals surface area contributed by atoms with E-state index in [1.807, 2.05) is 88.0 Å². The van der Waals surface area contributed by atoms with Gasteiger partial charge in [0.1, 0.15) is 6.33 Å². The minimum absolute atomic E-state index is 0.250. The van der Waals surface area contributed by atoms with Gasteiger partial charge in [-0.25, -0.2) is 9.78 Å². The van der Waals surface area contributed by atoms with Crippen LogP contribution in [-0.4, -0.2) is 26.7 Å². The largest absolute Gasteiger partial charge is 0.461 e. The van der Waals surface area contributed by atoms with Gasteiger partial charge >= 0.3 is 5.97 Å². The molecule has 32 heavy (non-hydrogen) atoms. The maximum Gasteiger partial charge on any atom is 0.360 e. The Kier molecular flexibility index (Phi) is 5.25. The number of hydrogen-bond donors (Lipinski definition) is 0. The zero-order valence-corrected chi connectivity index (χ0v) is 18.2. The molecule has 0 aliphatic heterocycles. The van der Waals surface area contributed by atoms with Crippen LogP contribution in [0.25, 0.3) is 33.7 Å². The fraction of sp³-hybridized carbons (Fsp3) is 0.0769. The summed E-state index contributed by atoms with van der Waals surface area (Å²) in [5.41, 5.74) is 3.98. The summed E-state index contributed by atoms with van der Waals surface area (Å²) in [6.07, 6.45) is 1.66. The van der Waals surface area contributed by atoms with Crippen LogP contribution in [0.4, 0.5) is 0 Å². The molecular formula is C26H20ClN3O2. The number of esters is 1. The standard InChI is InChI=1S/C26H20ClN3O2/c1-2-32-26(31)24-25(29(17-28-24)21-11-7-4-8-12-21)30-22-14-13-20(27)15-19(22)16-23(30)18-9-5-3-6-10-18/h3-17H,2H2,1H3. The molecule has 0 N–H and O–H groups in total. The van der Waals surface area contributed by atoms with Crippen molar-refractivity contribution in [1.82, 2.24) is 14.1 Å². The first kappa shape index (κ1) is 20.1. The first-order valence-corrected chi connectivity index (χ1v) is 10.7. The highest BCUT2D eigenvalue weighted by molar-refractivity contribution is 6.31. The SMILES string of the molecule is CCOC(=O)c1ncn(-c2ccccc2)c1-n1c(-c2ccccc2)cc2cc(Cl)ccc21. The number of nitrogens with zero attached hydrogens (tertiary/aromatic N) is 3. The van der Waals surface area contributed by atoms with Gasteiger partial charge < -0.3 is 4.74 Å². The minimum Gasteiger partial charge on any atom is -0.461 e. The smallest absolute Gasteiger partial charge is 0.360 e. The van der Waals surface area contributed by atoms with E-state index < -0.39 is 5.97 Å². The van der Waals surface area contributed by atoms with Crippen molar-refractivity contribution in [2.24, 2.45) is 0 Å². The van der Waals surface area contributed by atoms with Crippen LogP contribution in [0.5, 0.6) is 0 Å². The van der Waals surface area contributed by atoms with Crippen molar-refractivity contribution >= 4 is 28.5 Å². The molecule has 0 aliphatic rings. The second-order valence-electron chi connectivity index (χ2n) is 7.28. The summed E-state index contributed by atoms with van der Waals surface area (Å²) < 4.78 is 9.30. The van der Waals surface area contributed by atoms with Gasteiger partial charge in [-0.3, -0.25) is 9.13 Å². The number of halogens is 1. The van der Waals surface area contributed by atoms with Crippen molar-refractivity contribution < 1.29 is 9.53 Å². The van der Waals surface area contributed by atoms with Crippen LogP contribution in [-0.2, 0) is 4.74 Å². The second kappa shape index (κ2) is 8.36. The zero-order chi connectivity index (χ0) is 22.1. The van der Waals surface area contributed by atoms with Gasteiger partial charge in [-0.05, 0) is 48.9 Å². The molecule has 0 spiro atoms. The Morgan fingerprint density at radius 3 is 2.41 bits per heavy atom. The number of fused-ring (bicyclic) bond motifs is 1. The van der Waals surface area contributed by atoms with E-state index in [0.717, 1.165) is 27.8 Å². The molecular weight excluding hydrogens is 422 g/mol. The molecule has 158 valence electrons. The van der Waals surface area contributed by atoms with Gasteiger partial charge in [-0.1, -0.05) is 60.1 Å². The van der Waals surface area contributed by atoms with Crippen LogP contribution in [0.1, 0.15) is 17.4 Å². The third kappa shape index (κ3) is 3.47. The van der Waals surface area contributed by atoms with E-state index >= 15 is 0 Å². The fourth-order valence-corrected chi connectivity index (χ4v) is 4.09. The van der Waals surface area contributed by atoms with Gasteiger partial charge in [0.15, 0.2) is 11.5 Å². The van der Waals surface area contributed by atoms with Gasteiger partial charge in [-0.2, -0.15) is 0 Å². The molecule has 3 aromatic carbocycles. The molecule has 5 nitrogen and oxygen atoms in total. The summed E-state index contributed by atoms with van der Waals surface area (Å²) in [5.74, 6) is 0.151. The third-order valence-corrected chi connectivity index (χ3v) is 5.53. The van der Waals surface area contributed by atoms with E-state index in [1.165, 1.54) is 0 Å². The van der Waals surface area contributed by atoms with Crippen molar-refractivity contribution in [3.8, 4) is 22.8 Å². The lowest BCUT2D eigenvalue weighted by molar-refractivity contribution is 0.0520. The molecule has 0 atom stereocenters. The monoisotopic (exact) mass is 441 g/mol. The summed E-state index contributed by atoms with van der Waals surface area (Å²) in [7, 11) is 0. The van der Waals surface area contributed by atoms with Crippen LogP contribution in [0.15, 0.2) is 91.3 Å². The summed E-state index contributed by atoms with van der Waals surface area (Å²) in [6, 6.07) is 27.7. The molecule has 0 saturated heterocycles. The number of ether oxygens (including phenoxy) is 1. The van der Waals surface area contributed by atoms with Gasteiger partial charge in [-0.15, -0.1) is 0 Å². The molecule has 2 aromatic heterocycles. The Bertz CT molecular complexity index is 1410. The van der Waals surface area contributed by atoms with Crippen LogP contribution in [0.3, 0.4) is 0 Å². The number of para-hydroxylation sites is 1. The molecule has 0 radical (unpaired) electrons. The van der Waals surface area contributed by atoms with E-state index in [1.54, 1.807) is 13.3 Å². The lowest BCUT2D eigenvalue weighted by Crippen LogP contribution is -2.13. The molecule has 0 unspecified atom stereocenters. The predicted molar refractivity (Wildman–Crippen MR) is 127 cm³/mol. The lowest BCUT2D eigenvalue weighted by Gasteiger charge is -2.16. The molecule has 0 saturated carbocycles. The van der Waals surface area contributed by atoms with Crippen molar-refractivity contribution in [1.29, 1.82) is 0 Å². The van der Waals surface area contributed by atoms with Crippen LogP contribution >= 0.6 is 11.6 Å². The van der Waals surface area contributed by atoms with Crippen LogP contribution < -0.4 is 0 Å². The van der Waals surface area contributed by atoms with E-state index in [0.29, 0.717) is 10.8 Å². The Morgan fingerprint density at radius 2 is 1.69 bits per heavy atom. The number of rotatable bonds is 5.